The van der Waals surface area contributed by atoms with Gasteiger partial charge in [-0.15, -0.1) is 0 Å². The topological polar surface area (TPSA) is 51.1 Å². The van der Waals surface area contributed by atoms with Crippen molar-refractivity contribution >= 4 is 5.91 Å². The SMILES string of the molecule is O=C(Cn1cccc(C(F)(F)F)c1=O)NCC#Cc1ccccc1. The van der Waals surface area contributed by atoms with Gasteiger partial charge < -0.3 is 9.88 Å². The van der Waals surface area contributed by atoms with Crippen LogP contribution in [-0.2, 0) is 17.5 Å². The number of nitrogens with zero attached hydrogens (tertiary/aromatic N) is 1. The van der Waals surface area contributed by atoms with Crippen LogP contribution in [0.4, 0.5) is 13.2 Å². The van der Waals surface area contributed by atoms with Crippen molar-refractivity contribution in [3.05, 3.63) is 70.1 Å². The van der Waals surface area contributed by atoms with Crippen LogP contribution < -0.4 is 10.9 Å². The Labute approximate surface area is 135 Å². The molecular weight excluding hydrogens is 321 g/mol. The van der Waals surface area contributed by atoms with Crippen molar-refractivity contribution < 1.29 is 18.0 Å². The minimum Gasteiger partial charge on any atom is -0.344 e. The van der Waals surface area contributed by atoms with Gasteiger partial charge in [0.15, 0.2) is 0 Å². The Morgan fingerprint density at radius 2 is 1.83 bits per heavy atom. The Kier molecular flexibility index (Phi) is 5.42. The summed E-state index contributed by atoms with van der Waals surface area (Å²) in [5, 5.41) is 2.43. The summed E-state index contributed by atoms with van der Waals surface area (Å²) >= 11 is 0. The van der Waals surface area contributed by atoms with Gasteiger partial charge in [-0.1, -0.05) is 30.0 Å². The molecule has 4 nitrogen and oxygen atoms in total. The van der Waals surface area contributed by atoms with E-state index in [0.717, 1.165) is 17.8 Å². The average Bonchev–Trinajstić information content (AvgIpc) is 2.53. The van der Waals surface area contributed by atoms with Gasteiger partial charge in [-0.25, -0.2) is 0 Å². The number of hydrogen-bond acceptors (Lipinski definition) is 2. The summed E-state index contributed by atoms with van der Waals surface area (Å²) in [5.74, 6) is 4.94. The molecule has 2 aromatic rings. The normalized spacial score (nSPS) is 10.6. The zero-order valence-electron chi connectivity index (χ0n) is 12.4. The van der Waals surface area contributed by atoms with Crippen molar-refractivity contribution in [1.29, 1.82) is 0 Å². The highest BCUT2D eigenvalue weighted by atomic mass is 19.4. The summed E-state index contributed by atoms with van der Waals surface area (Å²) in [6.07, 6.45) is -3.62. The summed E-state index contributed by atoms with van der Waals surface area (Å²) in [7, 11) is 0. The van der Waals surface area contributed by atoms with Crippen LogP contribution in [0.25, 0.3) is 0 Å². The Hall–Kier alpha value is -3.01. The Bertz CT molecular complexity index is 831. The van der Waals surface area contributed by atoms with Crippen LogP contribution in [0.3, 0.4) is 0 Å². The van der Waals surface area contributed by atoms with Gasteiger partial charge in [0.05, 0.1) is 6.54 Å². The van der Waals surface area contributed by atoms with Gasteiger partial charge in [0, 0.05) is 11.8 Å². The number of halogens is 3. The predicted molar refractivity (Wildman–Crippen MR) is 82.0 cm³/mol. The van der Waals surface area contributed by atoms with E-state index in [1.165, 1.54) is 0 Å². The standard InChI is InChI=1S/C17H13F3N2O2/c18-17(19,20)14-9-5-11-22(16(14)24)12-15(23)21-10-4-8-13-6-2-1-3-7-13/h1-3,5-7,9,11H,10,12H2,(H,21,23). The largest absolute Gasteiger partial charge is 0.421 e. The number of carbonyl (C=O) groups excluding carboxylic acids is 1. The average molecular weight is 334 g/mol. The fourth-order valence-electron chi connectivity index (χ4n) is 1.90. The molecule has 0 fully saturated rings. The van der Waals surface area contributed by atoms with Crippen LogP contribution in [0, 0.1) is 11.8 Å². The van der Waals surface area contributed by atoms with Gasteiger partial charge >= 0.3 is 6.18 Å². The highest BCUT2D eigenvalue weighted by Gasteiger charge is 2.34. The molecule has 1 amide bonds. The quantitative estimate of drug-likeness (QED) is 0.874. The third-order valence-corrected chi connectivity index (χ3v) is 3.02. The van der Waals surface area contributed by atoms with Crippen LogP contribution in [0.15, 0.2) is 53.5 Å². The van der Waals surface area contributed by atoms with Crippen LogP contribution in [0.5, 0.6) is 0 Å². The van der Waals surface area contributed by atoms with E-state index in [2.05, 4.69) is 17.2 Å². The lowest BCUT2D eigenvalue weighted by atomic mass is 10.2. The Morgan fingerprint density at radius 1 is 1.12 bits per heavy atom. The van der Waals surface area contributed by atoms with E-state index in [9.17, 15) is 22.8 Å². The molecule has 0 bridgehead atoms. The van der Waals surface area contributed by atoms with E-state index >= 15 is 0 Å². The molecule has 1 aromatic carbocycles. The number of hydrogen-bond donors (Lipinski definition) is 1. The van der Waals surface area contributed by atoms with Crippen molar-refractivity contribution in [2.24, 2.45) is 0 Å². The molecule has 124 valence electrons. The first-order valence-corrected chi connectivity index (χ1v) is 6.95. The van der Waals surface area contributed by atoms with Gasteiger partial charge in [-0.3, -0.25) is 9.59 Å². The number of amides is 1. The third kappa shape index (κ3) is 4.74. The number of nitrogens with one attached hydrogen (secondary N) is 1. The third-order valence-electron chi connectivity index (χ3n) is 3.02. The molecule has 2 rings (SSSR count). The fraction of sp³-hybridized carbons (Fsp3) is 0.176. The summed E-state index contributed by atoms with van der Waals surface area (Å²) in [5.41, 5.74) is -1.78. The van der Waals surface area contributed by atoms with E-state index in [-0.39, 0.29) is 6.54 Å². The zero-order chi connectivity index (χ0) is 17.6. The number of rotatable bonds is 3. The van der Waals surface area contributed by atoms with Crippen molar-refractivity contribution in [3.8, 4) is 11.8 Å². The smallest absolute Gasteiger partial charge is 0.344 e. The lowest BCUT2D eigenvalue weighted by molar-refractivity contribution is -0.139. The second kappa shape index (κ2) is 7.51. The lowest BCUT2D eigenvalue weighted by Crippen LogP contribution is -2.34. The van der Waals surface area contributed by atoms with Crippen LogP contribution >= 0.6 is 0 Å². The summed E-state index contributed by atoms with van der Waals surface area (Å²) in [6, 6.07) is 10.9. The van der Waals surface area contributed by atoms with Crippen molar-refractivity contribution in [3.63, 3.8) is 0 Å². The van der Waals surface area contributed by atoms with E-state index in [4.69, 9.17) is 0 Å². The molecule has 0 atom stereocenters. The maximum atomic E-state index is 12.6. The number of pyridine rings is 1. The molecule has 0 unspecified atom stereocenters. The minimum absolute atomic E-state index is 0.0292. The molecule has 0 aliphatic carbocycles. The molecule has 1 aromatic heterocycles. The van der Waals surface area contributed by atoms with E-state index in [0.29, 0.717) is 10.6 Å². The molecule has 24 heavy (non-hydrogen) atoms. The molecule has 0 spiro atoms. The molecular formula is C17H13F3N2O2. The van der Waals surface area contributed by atoms with Crippen molar-refractivity contribution in [1.82, 2.24) is 9.88 Å². The van der Waals surface area contributed by atoms with Crippen LogP contribution in [-0.4, -0.2) is 17.0 Å². The number of carbonyl (C=O) groups is 1. The number of alkyl halides is 3. The molecule has 1 N–H and O–H groups in total. The minimum atomic E-state index is -4.75. The van der Waals surface area contributed by atoms with Crippen molar-refractivity contribution in [2.75, 3.05) is 6.54 Å². The molecule has 0 saturated carbocycles. The monoisotopic (exact) mass is 334 g/mol. The maximum Gasteiger partial charge on any atom is 0.421 e. The summed E-state index contributed by atoms with van der Waals surface area (Å²) in [4.78, 5) is 23.4. The van der Waals surface area contributed by atoms with Crippen molar-refractivity contribution in [2.45, 2.75) is 12.7 Å². The lowest BCUT2D eigenvalue weighted by Gasteiger charge is -2.09. The van der Waals surface area contributed by atoms with Gasteiger partial charge in [-0.05, 0) is 24.3 Å². The second-order valence-electron chi connectivity index (χ2n) is 4.80. The number of aromatic nitrogens is 1. The van der Waals surface area contributed by atoms with E-state index < -0.39 is 29.8 Å². The maximum absolute atomic E-state index is 12.6. The molecule has 1 heterocycles. The molecule has 0 radical (unpaired) electrons. The zero-order valence-corrected chi connectivity index (χ0v) is 12.4. The predicted octanol–water partition coefficient (Wildman–Crippen LogP) is 2.04. The second-order valence-corrected chi connectivity index (χ2v) is 4.80. The molecule has 0 saturated heterocycles. The summed E-state index contributed by atoms with van der Waals surface area (Å²) in [6.45, 7) is -0.475. The van der Waals surface area contributed by atoms with Gasteiger partial charge in [0.25, 0.3) is 5.56 Å². The number of benzene rings is 1. The first-order chi connectivity index (χ1) is 11.4. The van der Waals surface area contributed by atoms with Gasteiger partial charge in [-0.2, -0.15) is 13.2 Å². The highest BCUT2D eigenvalue weighted by molar-refractivity contribution is 5.76. The highest BCUT2D eigenvalue weighted by Crippen LogP contribution is 2.25. The summed E-state index contributed by atoms with van der Waals surface area (Å²) < 4.78 is 38.6. The fourth-order valence-corrected chi connectivity index (χ4v) is 1.90. The molecule has 7 heteroatoms. The Morgan fingerprint density at radius 3 is 2.50 bits per heavy atom. The molecule has 0 aliphatic heterocycles. The van der Waals surface area contributed by atoms with Crippen LogP contribution in [0.2, 0.25) is 0 Å². The Balaban J connectivity index is 1.96. The van der Waals surface area contributed by atoms with Gasteiger partial charge in [0.2, 0.25) is 5.91 Å². The van der Waals surface area contributed by atoms with Gasteiger partial charge in [0.1, 0.15) is 12.1 Å². The first kappa shape index (κ1) is 17.3. The van der Waals surface area contributed by atoms with E-state index in [1.54, 1.807) is 12.1 Å². The first-order valence-electron chi connectivity index (χ1n) is 6.95. The molecule has 0 aliphatic rings. The van der Waals surface area contributed by atoms with E-state index in [1.807, 2.05) is 18.2 Å². The van der Waals surface area contributed by atoms with Crippen LogP contribution in [0.1, 0.15) is 11.1 Å².